The van der Waals surface area contributed by atoms with Crippen LogP contribution in [0.2, 0.25) is 0 Å². The molecule has 0 saturated heterocycles. The third-order valence-corrected chi connectivity index (χ3v) is 1.84. The van der Waals surface area contributed by atoms with E-state index in [1.165, 1.54) is 12.1 Å². The van der Waals surface area contributed by atoms with Crippen LogP contribution in [0.3, 0.4) is 0 Å². The fraction of sp³-hybridized carbons (Fsp3) is 0.400. The molecule has 0 N–H and O–H groups in total. The molecule has 4 heteroatoms. The zero-order chi connectivity index (χ0) is 10.7. The van der Waals surface area contributed by atoms with Crippen LogP contribution in [-0.4, -0.2) is 6.61 Å². The van der Waals surface area contributed by atoms with E-state index in [-0.39, 0.29) is 5.92 Å². The van der Waals surface area contributed by atoms with Crippen molar-refractivity contribution in [2.45, 2.75) is 26.4 Å². The predicted molar refractivity (Wildman–Crippen MR) is 47.1 cm³/mol. The Kier molecular flexibility index (Phi) is 3.38. The SMILES string of the molecule is CC(C)c1ccc(OC(F)F)c(F)c1. The second-order valence-electron chi connectivity index (χ2n) is 3.22. The van der Waals surface area contributed by atoms with Crippen molar-refractivity contribution in [2.75, 3.05) is 0 Å². The van der Waals surface area contributed by atoms with Crippen LogP contribution >= 0.6 is 0 Å². The van der Waals surface area contributed by atoms with Crippen LogP contribution in [0.5, 0.6) is 5.75 Å². The topological polar surface area (TPSA) is 9.23 Å². The minimum atomic E-state index is -2.99. The Hall–Kier alpha value is -1.19. The van der Waals surface area contributed by atoms with Gasteiger partial charge in [0.15, 0.2) is 11.6 Å². The van der Waals surface area contributed by atoms with Crippen LogP contribution in [0.25, 0.3) is 0 Å². The third kappa shape index (κ3) is 2.65. The molecule has 0 unspecified atom stereocenters. The molecule has 0 amide bonds. The van der Waals surface area contributed by atoms with Gasteiger partial charge in [0.05, 0.1) is 0 Å². The van der Waals surface area contributed by atoms with Gasteiger partial charge in [-0.15, -0.1) is 0 Å². The summed E-state index contributed by atoms with van der Waals surface area (Å²) in [6, 6.07) is 4.00. The van der Waals surface area contributed by atoms with E-state index in [2.05, 4.69) is 4.74 Å². The number of alkyl halides is 2. The van der Waals surface area contributed by atoms with Gasteiger partial charge >= 0.3 is 6.61 Å². The lowest BCUT2D eigenvalue weighted by Crippen LogP contribution is -2.04. The van der Waals surface area contributed by atoms with E-state index in [1.807, 2.05) is 13.8 Å². The molecule has 14 heavy (non-hydrogen) atoms. The van der Waals surface area contributed by atoms with E-state index >= 15 is 0 Å². The van der Waals surface area contributed by atoms with Crippen LogP contribution in [0.15, 0.2) is 18.2 Å². The van der Waals surface area contributed by atoms with Gasteiger partial charge in [-0.05, 0) is 23.6 Å². The van der Waals surface area contributed by atoms with Crippen molar-refractivity contribution in [2.24, 2.45) is 0 Å². The van der Waals surface area contributed by atoms with Crippen LogP contribution < -0.4 is 4.74 Å². The minimum Gasteiger partial charge on any atom is -0.432 e. The fourth-order valence-corrected chi connectivity index (χ4v) is 1.07. The van der Waals surface area contributed by atoms with Gasteiger partial charge < -0.3 is 4.74 Å². The highest BCUT2D eigenvalue weighted by atomic mass is 19.3. The molecule has 0 aliphatic heterocycles. The maximum absolute atomic E-state index is 13.1. The average molecular weight is 204 g/mol. The van der Waals surface area contributed by atoms with E-state index in [0.29, 0.717) is 0 Å². The normalized spacial score (nSPS) is 11.1. The van der Waals surface area contributed by atoms with Crippen molar-refractivity contribution in [3.63, 3.8) is 0 Å². The number of ether oxygens (including phenoxy) is 1. The third-order valence-electron chi connectivity index (χ3n) is 1.84. The minimum absolute atomic E-state index is 0.157. The molecule has 1 nitrogen and oxygen atoms in total. The van der Waals surface area contributed by atoms with E-state index in [9.17, 15) is 13.2 Å². The lowest BCUT2D eigenvalue weighted by Gasteiger charge is -2.09. The van der Waals surface area contributed by atoms with Gasteiger partial charge in [0.1, 0.15) is 0 Å². The maximum Gasteiger partial charge on any atom is 0.387 e. The first kappa shape index (κ1) is 10.9. The molecule has 0 saturated carbocycles. The summed E-state index contributed by atoms with van der Waals surface area (Å²) in [5, 5.41) is 0. The predicted octanol–water partition coefficient (Wildman–Crippen LogP) is 3.55. The first-order chi connectivity index (χ1) is 6.50. The monoisotopic (exact) mass is 204 g/mol. The van der Waals surface area contributed by atoms with Crippen molar-refractivity contribution >= 4 is 0 Å². The number of halogens is 3. The molecule has 78 valence electrons. The molecule has 0 heterocycles. The second-order valence-corrected chi connectivity index (χ2v) is 3.22. The molecule has 1 aromatic rings. The zero-order valence-corrected chi connectivity index (χ0v) is 7.93. The van der Waals surface area contributed by atoms with E-state index in [4.69, 9.17) is 0 Å². The van der Waals surface area contributed by atoms with Gasteiger partial charge in [0, 0.05) is 0 Å². The standard InChI is InChI=1S/C10H11F3O/c1-6(2)7-3-4-9(8(11)5-7)14-10(12)13/h3-6,10H,1-2H3. The molecule has 0 aliphatic carbocycles. The Bertz CT molecular complexity index is 310. The number of benzene rings is 1. The van der Waals surface area contributed by atoms with Crippen molar-refractivity contribution in [3.05, 3.63) is 29.6 Å². The Labute approximate surface area is 80.5 Å². The first-order valence-corrected chi connectivity index (χ1v) is 4.25. The number of hydrogen-bond donors (Lipinski definition) is 0. The highest BCUT2D eigenvalue weighted by Crippen LogP contribution is 2.23. The lowest BCUT2D eigenvalue weighted by atomic mass is 10.0. The Balaban J connectivity index is 2.90. The molecule has 0 atom stereocenters. The largest absolute Gasteiger partial charge is 0.432 e. The van der Waals surface area contributed by atoms with Gasteiger partial charge in [0.2, 0.25) is 0 Å². The van der Waals surface area contributed by atoms with E-state index in [0.717, 1.165) is 5.56 Å². The second kappa shape index (κ2) is 4.35. The smallest absolute Gasteiger partial charge is 0.387 e. The average Bonchev–Trinajstić information content (AvgIpc) is 2.07. The summed E-state index contributed by atoms with van der Waals surface area (Å²) in [4.78, 5) is 0. The number of hydrogen-bond acceptors (Lipinski definition) is 1. The van der Waals surface area contributed by atoms with Crippen molar-refractivity contribution in [3.8, 4) is 5.75 Å². The van der Waals surface area contributed by atoms with Crippen LogP contribution in [0, 0.1) is 5.82 Å². The lowest BCUT2D eigenvalue weighted by molar-refractivity contribution is -0.0522. The fourth-order valence-electron chi connectivity index (χ4n) is 1.07. The van der Waals surface area contributed by atoms with Crippen molar-refractivity contribution in [1.82, 2.24) is 0 Å². The van der Waals surface area contributed by atoms with Crippen molar-refractivity contribution < 1.29 is 17.9 Å². The molecule has 0 aliphatic rings. The molecule has 0 bridgehead atoms. The quantitative estimate of drug-likeness (QED) is 0.731. The van der Waals surface area contributed by atoms with Gasteiger partial charge in [-0.3, -0.25) is 0 Å². The molecule has 0 spiro atoms. The Morgan fingerprint density at radius 3 is 2.29 bits per heavy atom. The molecular formula is C10H11F3O. The van der Waals surface area contributed by atoms with Crippen LogP contribution in [-0.2, 0) is 0 Å². The Morgan fingerprint density at radius 2 is 1.86 bits per heavy atom. The summed E-state index contributed by atoms with van der Waals surface area (Å²) in [5.74, 6) is -1.01. The van der Waals surface area contributed by atoms with Crippen molar-refractivity contribution in [1.29, 1.82) is 0 Å². The van der Waals surface area contributed by atoms with Gasteiger partial charge in [0.25, 0.3) is 0 Å². The van der Waals surface area contributed by atoms with Crippen LogP contribution in [0.4, 0.5) is 13.2 Å². The molecular weight excluding hydrogens is 193 g/mol. The van der Waals surface area contributed by atoms with E-state index < -0.39 is 18.2 Å². The summed E-state index contributed by atoms with van der Waals surface area (Å²) < 4.78 is 40.6. The first-order valence-electron chi connectivity index (χ1n) is 4.25. The number of rotatable bonds is 3. The molecule has 0 fully saturated rings. The van der Waals surface area contributed by atoms with Gasteiger partial charge in [-0.2, -0.15) is 8.78 Å². The Morgan fingerprint density at radius 1 is 1.21 bits per heavy atom. The molecule has 1 aromatic carbocycles. The molecule has 0 radical (unpaired) electrons. The highest BCUT2D eigenvalue weighted by molar-refractivity contribution is 5.30. The van der Waals surface area contributed by atoms with E-state index in [1.54, 1.807) is 6.07 Å². The maximum atomic E-state index is 13.1. The summed E-state index contributed by atoms with van der Waals surface area (Å²) in [6.07, 6.45) is 0. The summed E-state index contributed by atoms with van der Waals surface area (Å²) in [5.41, 5.74) is 0.754. The summed E-state index contributed by atoms with van der Waals surface area (Å²) in [7, 11) is 0. The van der Waals surface area contributed by atoms with Crippen LogP contribution in [0.1, 0.15) is 25.3 Å². The van der Waals surface area contributed by atoms with Gasteiger partial charge in [-0.1, -0.05) is 19.9 Å². The summed E-state index contributed by atoms with van der Waals surface area (Å²) >= 11 is 0. The van der Waals surface area contributed by atoms with Gasteiger partial charge in [-0.25, -0.2) is 4.39 Å². The highest BCUT2D eigenvalue weighted by Gasteiger charge is 2.10. The molecule has 1 rings (SSSR count). The molecule has 0 aromatic heterocycles. The summed E-state index contributed by atoms with van der Waals surface area (Å²) in [6.45, 7) is 0.791. The zero-order valence-electron chi connectivity index (χ0n) is 7.93.